The van der Waals surface area contributed by atoms with Crippen LogP contribution in [-0.4, -0.2) is 15.3 Å². The lowest BCUT2D eigenvalue weighted by molar-refractivity contribution is 0.475. The maximum absolute atomic E-state index is 9.48. The minimum atomic E-state index is 0. The van der Waals surface area contributed by atoms with Gasteiger partial charge in [-0.25, -0.2) is 0 Å². The van der Waals surface area contributed by atoms with Crippen molar-refractivity contribution in [2.45, 2.75) is 0 Å². The minimum Gasteiger partial charge on any atom is -0.508 e. The summed E-state index contributed by atoms with van der Waals surface area (Å²) < 4.78 is 0. The van der Waals surface area contributed by atoms with E-state index in [-0.39, 0.29) is 18.2 Å². The van der Waals surface area contributed by atoms with Gasteiger partial charge in [0.2, 0.25) is 0 Å². The average Bonchev–Trinajstić information content (AvgIpc) is 2.88. The summed E-state index contributed by atoms with van der Waals surface area (Å²) in [4.78, 5) is 0. The van der Waals surface area contributed by atoms with Crippen LogP contribution in [0.2, 0.25) is 5.02 Å². The van der Waals surface area contributed by atoms with Gasteiger partial charge in [-0.3, -0.25) is 5.10 Å². The van der Waals surface area contributed by atoms with Crippen LogP contribution in [0.5, 0.6) is 5.75 Å². The Bertz CT molecular complexity index is 665. The Morgan fingerprint density at radius 1 is 0.950 bits per heavy atom. The molecular formula is C15H12Cl2N2O. The first-order chi connectivity index (χ1) is 9.22. The van der Waals surface area contributed by atoms with Crippen LogP contribution in [0.4, 0.5) is 0 Å². The number of aromatic hydroxyl groups is 1. The molecule has 3 aromatic rings. The fourth-order valence-corrected chi connectivity index (χ4v) is 2.13. The van der Waals surface area contributed by atoms with Gasteiger partial charge in [-0.1, -0.05) is 35.9 Å². The lowest BCUT2D eigenvalue weighted by Crippen LogP contribution is -1.77. The van der Waals surface area contributed by atoms with E-state index in [1.54, 1.807) is 18.2 Å². The molecule has 0 bridgehead atoms. The molecule has 0 saturated heterocycles. The predicted octanol–water partition coefficient (Wildman–Crippen LogP) is 4.52. The van der Waals surface area contributed by atoms with Crippen LogP contribution in [0.1, 0.15) is 0 Å². The van der Waals surface area contributed by atoms with E-state index in [2.05, 4.69) is 10.2 Å². The Hall–Kier alpha value is -1.97. The number of rotatable bonds is 2. The number of nitrogens with one attached hydrogen (secondary N) is 1. The van der Waals surface area contributed by atoms with Crippen molar-refractivity contribution in [3.63, 3.8) is 0 Å². The summed E-state index contributed by atoms with van der Waals surface area (Å²) in [6.45, 7) is 0. The second kappa shape index (κ2) is 5.99. The molecule has 102 valence electrons. The second-order valence-electron chi connectivity index (χ2n) is 4.23. The highest BCUT2D eigenvalue weighted by Crippen LogP contribution is 2.26. The maximum atomic E-state index is 9.48. The van der Waals surface area contributed by atoms with E-state index in [1.165, 1.54) is 0 Å². The molecule has 20 heavy (non-hydrogen) atoms. The maximum Gasteiger partial charge on any atom is 0.116 e. The molecular weight excluding hydrogens is 295 g/mol. The standard InChI is InChI=1S/C15H11ClN2O.ClH/c16-12-5-1-3-10(7-12)14-9-15(18-17-14)11-4-2-6-13(19)8-11;/h1-9,19H,(H,17,18);1H. The number of aromatic amines is 1. The van der Waals surface area contributed by atoms with E-state index in [4.69, 9.17) is 11.6 Å². The first-order valence-corrected chi connectivity index (χ1v) is 6.21. The van der Waals surface area contributed by atoms with Crippen molar-refractivity contribution in [1.29, 1.82) is 0 Å². The van der Waals surface area contributed by atoms with E-state index < -0.39 is 0 Å². The Morgan fingerprint density at radius 3 is 2.45 bits per heavy atom. The number of H-pyrrole nitrogens is 1. The van der Waals surface area contributed by atoms with E-state index in [1.807, 2.05) is 36.4 Å². The molecule has 0 amide bonds. The molecule has 2 N–H and O–H groups in total. The highest BCUT2D eigenvalue weighted by Gasteiger charge is 2.06. The fraction of sp³-hybridized carbons (Fsp3) is 0. The van der Waals surface area contributed by atoms with Crippen LogP contribution in [0.15, 0.2) is 54.6 Å². The SMILES string of the molecule is Cl.Oc1cccc(-c2cc(-c3cccc(Cl)c3)n[nH]2)c1. The van der Waals surface area contributed by atoms with Gasteiger partial charge in [0.1, 0.15) is 5.75 Å². The van der Waals surface area contributed by atoms with E-state index in [9.17, 15) is 5.11 Å². The molecule has 0 spiro atoms. The zero-order chi connectivity index (χ0) is 13.2. The Morgan fingerprint density at radius 2 is 1.70 bits per heavy atom. The quantitative estimate of drug-likeness (QED) is 0.731. The molecule has 0 saturated carbocycles. The van der Waals surface area contributed by atoms with Crippen molar-refractivity contribution in [2.75, 3.05) is 0 Å². The minimum absolute atomic E-state index is 0. The molecule has 1 aromatic heterocycles. The summed E-state index contributed by atoms with van der Waals surface area (Å²) in [6.07, 6.45) is 0. The number of nitrogens with zero attached hydrogens (tertiary/aromatic N) is 1. The molecule has 1 heterocycles. The van der Waals surface area contributed by atoms with Crippen molar-refractivity contribution < 1.29 is 5.11 Å². The number of phenols is 1. The van der Waals surface area contributed by atoms with Crippen LogP contribution >= 0.6 is 24.0 Å². The van der Waals surface area contributed by atoms with E-state index in [0.717, 1.165) is 22.5 Å². The second-order valence-corrected chi connectivity index (χ2v) is 4.66. The van der Waals surface area contributed by atoms with Gasteiger partial charge in [-0.2, -0.15) is 5.10 Å². The third-order valence-electron chi connectivity index (χ3n) is 2.86. The summed E-state index contributed by atoms with van der Waals surface area (Å²) in [6, 6.07) is 16.5. The topological polar surface area (TPSA) is 48.9 Å². The first kappa shape index (κ1) is 14.4. The average molecular weight is 307 g/mol. The van der Waals surface area contributed by atoms with Crippen molar-refractivity contribution in [1.82, 2.24) is 10.2 Å². The van der Waals surface area contributed by atoms with Crippen molar-refractivity contribution in [2.24, 2.45) is 0 Å². The molecule has 0 aliphatic rings. The van der Waals surface area contributed by atoms with Gasteiger partial charge in [0.05, 0.1) is 11.4 Å². The van der Waals surface area contributed by atoms with Crippen LogP contribution in [0.3, 0.4) is 0 Å². The predicted molar refractivity (Wildman–Crippen MR) is 83.4 cm³/mol. The van der Waals surface area contributed by atoms with Crippen molar-refractivity contribution in [3.05, 3.63) is 59.6 Å². The summed E-state index contributed by atoms with van der Waals surface area (Å²) in [5.41, 5.74) is 3.52. The molecule has 3 nitrogen and oxygen atoms in total. The van der Waals surface area contributed by atoms with Gasteiger partial charge in [0.25, 0.3) is 0 Å². The highest BCUT2D eigenvalue weighted by molar-refractivity contribution is 6.30. The monoisotopic (exact) mass is 306 g/mol. The van der Waals surface area contributed by atoms with Crippen molar-refractivity contribution >= 4 is 24.0 Å². The van der Waals surface area contributed by atoms with Crippen LogP contribution in [0, 0.1) is 0 Å². The largest absolute Gasteiger partial charge is 0.508 e. The lowest BCUT2D eigenvalue weighted by atomic mass is 10.1. The number of hydrogen-bond donors (Lipinski definition) is 2. The van der Waals surface area contributed by atoms with E-state index >= 15 is 0 Å². The van der Waals surface area contributed by atoms with Gasteiger partial charge in [0.15, 0.2) is 0 Å². The Labute approximate surface area is 127 Å². The third-order valence-corrected chi connectivity index (χ3v) is 3.09. The third kappa shape index (κ3) is 2.95. The zero-order valence-corrected chi connectivity index (χ0v) is 11.9. The summed E-state index contributed by atoms with van der Waals surface area (Å²) in [5, 5.41) is 17.4. The fourth-order valence-electron chi connectivity index (χ4n) is 1.94. The van der Waals surface area contributed by atoms with Crippen LogP contribution in [-0.2, 0) is 0 Å². The van der Waals surface area contributed by atoms with E-state index in [0.29, 0.717) is 5.02 Å². The number of hydrogen-bond acceptors (Lipinski definition) is 2. The molecule has 0 fully saturated rings. The zero-order valence-electron chi connectivity index (χ0n) is 10.4. The summed E-state index contributed by atoms with van der Waals surface area (Å²) in [5.74, 6) is 0.233. The molecule has 0 aliphatic heterocycles. The molecule has 2 aromatic carbocycles. The summed E-state index contributed by atoms with van der Waals surface area (Å²) >= 11 is 5.97. The molecule has 3 rings (SSSR count). The van der Waals surface area contributed by atoms with Gasteiger partial charge in [-0.05, 0) is 30.3 Å². The van der Waals surface area contributed by atoms with Crippen LogP contribution in [0.25, 0.3) is 22.5 Å². The Balaban J connectivity index is 0.00000147. The number of aromatic nitrogens is 2. The van der Waals surface area contributed by atoms with Gasteiger partial charge in [-0.15, -0.1) is 12.4 Å². The van der Waals surface area contributed by atoms with Gasteiger partial charge >= 0.3 is 0 Å². The molecule has 0 aliphatic carbocycles. The molecule has 0 unspecified atom stereocenters. The van der Waals surface area contributed by atoms with Crippen molar-refractivity contribution in [3.8, 4) is 28.3 Å². The van der Waals surface area contributed by atoms with Gasteiger partial charge in [0, 0.05) is 16.1 Å². The normalized spacial score (nSPS) is 10.1. The summed E-state index contributed by atoms with van der Waals surface area (Å²) in [7, 11) is 0. The highest BCUT2D eigenvalue weighted by atomic mass is 35.5. The smallest absolute Gasteiger partial charge is 0.116 e. The molecule has 0 radical (unpaired) electrons. The van der Waals surface area contributed by atoms with Gasteiger partial charge < -0.3 is 5.11 Å². The first-order valence-electron chi connectivity index (χ1n) is 5.83. The molecule has 0 atom stereocenters. The number of benzene rings is 2. The number of halogens is 2. The van der Waals surface area contributed by atoms with Crippen LogP contribution < -0.4 is 0 Å². The Kier molecular flexibility index (Phi) is 4.32. The molecule has 5 heteroatoms. The lowest BCUT2D eigenvalue weighted by Gasteiger charge is -1.97. The number of phenolic OH excluding ortho intramolecular Hbond substituents is 1.